The first-order valence-electron chi connectivity index (χ1n) is 8.98. The van der Waals surface area contributed by atoms with Crippen LogP contribution in [0, 0.1) is 11.3 Å². The fraction of sp³-hybridized carbons (Fsp3) is 0.421. The highest BCUT2D eigenvalue weighted by Crippen LogP contribution is 2.39. The van der Waals surface area contributed by atoms with Crippen LogP contribution in [0.25, 0.3) is 0 Å². The van der Waals surface area contributed by atoms with Gasteiger partial charge in [-0.1, -0.05) is 25.0 Å². The van der Waals surface area contributed by atoms with Gasteiger partial charge in [0.05, 0.1) is 13.8 Å². The molecule has 2 aliphatic rings. The van der Waals surface area contributed by atoms with E-state index in [-0.39, 0.29) is 5.82 Å². The smallest absolute Gasteiger partial charge is 0.236 e. The highest BCUT2D eigenvalue weighted by atomic mass is 16.5. The molecular weight excluding hydrogens is 328 g/mol. The highest BCUT2D eigenvalue weighted by molar-refractivity contribution is 5.82. The normalized spacial score (nSPS) is 16.1. The molecule has 1 aliphatic carbocycles. The first kappa shape index (κ1) is 16.5. The molecule has 1 aliphatic heterocycles. The molecule has 1 fully saturated rings. The van der Waals surface area contributed by atoms with Gasteiger partial charge in [0.1, 0.15) is 17.5 Å². The molecular formula is C19H22N6O. The van der Waals surface area contributed by atoms with E-state index < -0.39 is 0 Å². The van der Waals surface area contributed by atoms with Gasteiger partial charge in [-0.2, -0.15) is 15.2 Å². The lowest BCUT2D eigenvalue weighted by Crippen LogP contribution is -2.33. The first-order chi connectivity index (χ1) is 12.8. The summed E-state index contributed by atoms with van der Waals surface area (Å²) in [5, 5.41) is 16.1. The van der Waals surface area contributed by atoms with Crippen LogP contribution in [0.4, 0.5) is 17.3 Å². The monoisotopic (exact) mass is 350 g/mol. The van der Waals surface area contributed by atoms with Gasteiger partial charge in [0.2, 0.25) is 5.82 Å². The Bertz CT molecular complexity index is 823. The molecule has 0 amide bonds. The van der Waals surface area contributed by atoms with E-state index in [1.54, 1.807) is 7.11 Å². The second-order valence-corrected chi connectivity index (χ2v) is 6.65. The molecule has 26 heavy (non-hydrogen) atoms. The Balaban J connectivity index is 1.57. The van der Waals surface area contributed by atoms with Gasteiger partial charge < -0.3 is 20.3 Å². The Kier molecular flexibility index (Phi) is 4.48. The Morgan fingerprint density at radius 3 is 2.73 bits per heavy atom. The number of benzene rings is 1. The number of aromatic nitrogens is 2. The molecule has 4 rings (SSSR count). The Morgan fingerprint density at radius 2 is 2.04 bits per heavy atom. The summed E-state index contributed by atoms with van der Waals surface area (Å²) < 4.78 is 5.19. The van der Waals surface area contributed by atoms with Crippen molar-refractivity contribution in [2.45, 2.75) is 38.3 Å². The van der Waals surface area contributed by atoms with Gasteiger partial charge in [-0.05, 0) is 30.5 Å². The summed E-state index contributed by atoms with van der Waals surface area (Å²) in [6.07, 6.45) is 4.88. The maximum Gasteiger partial charge on any atom is 0.236 e. The van der Waals surface area contributed by atoms with Crippen molar-refractivity contribution in [3.63, 3.8) is 0 Å². The van der Waals surface area contributed by atoms with Gasteiger partial charge in [0.15, 0.2) is 11.6 Å². The van der Waals surface area contributed by atoms with Gasteiger partial charge in [0, 0.05) is 12.6 Å². The largest absolute Gasteiger partial charge is 0.497 e. The van der Waals surface area contributed by atoms with E-state index >= 15 is 0 Å². The maximum absolute atomic E-state index is 9.33. The Labute approximate surface area is 153 Å². The SMILES string of the molecule is COc1ccc(CNc2nc(C#N)nc3c2NCN3C2CCCC2)cc1. The number of rotatable bonds is 5. The Morgan fingerprint density at radius 1 is 1.27 bits per heavy atom. The third kappa shape index (κ3) is 3.10. The lowest BCUT2D eigenvalue weighted by Gasteiger charge is -2.24. The van der Waals surface area contributed by atoms with Crippen molar-refractivity contribution >= 4 is 17.3 Å². The molecule has 0 atom stereocenters. The van der Waals surface area contributed by atoms with Crippen LogP contribution in [0.3, 0.4) is 0 Å². The standard InChI is InChI=1S/C19H22N6O/c1-26-15-8-6-13(7-9-15)11-21-18-17-19(24-16(10-20)23-18)25(12-22-17)14-4-2-3-5-14/h6-9,14,22H,2-5,11-12H2,1H3,(H,21,23,24). The predicted octanol–water partition coefficient (Wildman–Crippen LogP) is 3.10. The molecule has 7 heteroatoms. The second kappa shape index (κ2) is 7.08. The third-order valence-electron chi connectivity index (χ3n) is 5.07. The van der Waals surface area contributed by atoms with Gasteiger partial charge in [-0.3, -0.25) is 0 Å². The van der Waals surface area contributed by atoms with Crippen molar-refractivity contribution in [3.05, 3.63) is 35.7 Å². The predicted molar refractivity (Wildman–Crippen MR) is 100 cm³/mol. The van der Waals surface area contributed by atoms with Crippen molar-refractivity contribution in [2.24, 2.45) is 0 Å². The molecule has 7 nitrogen and oxygen atoms in total. The molecule has 2 aromatic rings. The van der Waals surface area contributed by atoms with E-state index in [9.17, 15) is 5.26 Å². The number of ether oxygens (including phenoxy) is 1. The number of hydrogen-bond donors (Lipinski definition) is 2. The molecule has 0 saturated heterocycles. The molecule has 1 aromatic heterocycles. The van der Waals surface area contributed by atoms with Crippen molar-refractivity contribution in [2.75, 3.05) is 29.3 Å². The summed E-state index contributed by atoms with van der Waals surface area (Å²) in [5.41, 5.74) is 2.01. The second-order valence-electron chi connectivity index (χ2n) is 6.65. The Hall–Kier alpha value is -3.01. The summed E-state index contributed by atoms with van der Waals surface area (Å²) in [7, 11) is 1.66. The molecule has 0 spiro atoms. The zero-order valence-electron chi connectivity index (χ0n) is 14.8. The quantitative estimate of drug-likeness (QED) is 0.857. The van der Waals surface area contributed by atoms with Crippen LogP contribution in [-0.2, 0) is 6.54 Å². The van der Waals surface area contributed by atoms with E-state index in [2.05, 4.69) is 31.6 Å². The molecule has 2 heterocycles. The zero-order chi connectivity index (χ0) is 17.9. The minimum atomic E-state index is 0.202. The van der Waals surface area contributed by atoms with E-state index in [0.717, 1.165) is 29.5 Å². The third-order valence-corrected chi connectivity index (χ3v) is 5.07. The van der Waals surface area contributed by atoms with Crippen molar-refractivity contribution in [1.29, 1.82) is 5.26 Å². The average molecular weight is 350 g/mol. The van der Waals surface area contributed by atoms with Crippen LogP contribution >= 0.6 is 0 Å². The summed E-state index contributed by atoms with van der Waals surface area (Å²) in [5.74, 6) is 2.56. The molecule has 0 unspecified atom stereocenters. The number of methoxy groups -OCH3 is 1. The number of anilines is 3. The number of fused-ring (bicyclic) bond motifs is 1. The highest BCUT2D eigenvalue weighted by Gasteiger charge is 2.32. The maximum atomic E-state index is 9.33. The van der Waals surface area contributed by atoms with Gasteiger partial charge >= 0.3 is 0 Å². The topological polar surface area (TPSA) is 86.1 Å². The lowest BCUT2D eigenvalue weighted by atomic mass is 10.2. The van der Waals surface area contributed by atoms with Crippen LogP contribution in [0.1, 0.15) is 37.1 Å². The molecule has 0 radical (unpaired) electrons. The van der Waals surface area contributed by atoms with Crippen LogP contribution in [-0.4, -0.2) is 29.8 Å². The lowest BCUT2D eigenvalue weighted by molar-refractivity contribution is 0.414. The zero-order valence-corrected chi connectivity index (χ0v) is 14.8. The van der Waals surface area contributed by atoms with Gasteiger partial charge in [0.25, 0.3) is 0 Å². The summed E-state index contributed by atoms with van der Waals surface area (Å²) in [6, 6.07) is 10.5. The molecule has 1 aromatic carbocycles. The minimum absolute atomic E-state index is 0.202. The molecule has 1 saturated carbocycles. The molecule has 134 valence electrons. The molecule has 0 bridgehead atoms. The van der Waals surface area contributed by atoms with Crippen LogP contribution in [0.2, 0.25) is 0 Å². The first-order valence-corrected chi connectivity index (χ1v) is 8.98. The van der Waals surface area contributed by atoms with E-state index in [4.69, 9.17) is 4.74 Å². The minimum Gasteiger partial charge on any atom is -0.497 e. The molecule has 2 N–H and O–H groups in total. The summed E-state index contributed by atoms with van der Waals surface area (Å²) >= 11 is 0. The van der Waals surface area contributed by atoms with Crippen molar-refractivity contribution < 1.29 is 4.74 Å². The number of nitrogens with one attached hydrogen (secondary N) is 2. The van der Waals surface area contributed by atoms with Crippen LogP contribution in [0.5, 0.6) is 5.75 Å². The van der Waals surface area contributed by atoms with E-state index in [0.29, 0.717) is 18.4 Å². The van der Waals surface area contributed by atoms with Gasteiger partial charge in [-0.25, -0.2) is 0 Å². The van der Waals surface area contributed by atoms with E-state index in [1.165, 1.54) is 25.7 Å². The number of hydrogen-bond acceptors (Lipinski definition) is 7. The number of nitriles is 1. The fourth-order valence-electron chi connectivity index (χ4n) is 3.68. The van der Waals surface area contributed by atoms with Crippen molar-refractivity contribution in [1.82, 2.24) is 9.97 Å². The van der Waals surface area contributed by atoms with Crippen LogP contribution in [0.15, 0.2) is 24.3 Å². The van der Waals surface area contributed by atoms with E-state index in [1.807, 2.05) is 24.3 Å². The average Bonchev–Trinajstić information content (AvgIpc) is 3.35. The van der Waals surface area contributed by atoms with Gasteiger partial charge in [-0.15, -0.1) is 0 Å². The fourth-order valence-corrected chi connectivity index (χ4v) is 3.68. The number of nitrogens with zero attached hydrogens (tertiary/aromatic N) is 4. The van der Waals surface area contributed by atoms with Crippen molar-refractivity contribution in [3.8, 4) is 11.8 Å². The summed E-state index contributed by atoms with van der Waals surface area (Å²) in [4.78, 5) is 11.1. The van der Waals surface area contributed by atoms with Crippen LogP contribution < -0.4 is 20.3 Å². The summed E-state index contributed by atoms with van der Waals surface area (Å²) in [6.45, 7) is 1.34.